The highest BCUT2D eigenvalue weighted by Gasteiger charge is 2.35. The Bertz CT molecular complexity index is 1590. The molecular formula is C35H40N4. The molecule has 1 aliphatic carbocycles. The molecule has 0 amide bonds. The summed E-state index contributed by atoms with van der Waals surface area (Å²) in [6.45, 7) is 18.0. The third-order valence-electron chi connectivity index (χ3n) is 9.01. The van der Waals surface area contributed by atoms with Crippen molar-refractivity contribution in [3.8, 4) is 0 Å². The molecule has 4 heteroatoms. The van der Waals surface area contributed by atoms with Crippen LogP contribution in [0.4, 0.5) is 0 Å². The molecule has 0 aromatic carbocycles. The van der Waals surface area contributed by atoms with E-state index in [0.717, 1.165) is 78.4 Å². The summed E-state index contributed by atoms with van der Waals surface area (Å²) in [5.74, 6) is 0.546. The van der Waals surface area contributed by atoms with Crippen LogP contribution in [0.25, 0.3) is 0 Å². The molecule has 6 rings (SSSR count). The van der Waals surface area contributed by atoms with Crippen LogP contribution >= 0.6 is 0 Å². The SMILES string of the molecule is CCC1=C(C)C2=CC3=NC(=C4CCC5=C(CC)C(=CC6=NC(=CC1=N2)C(C)=C6CC(C)C)N=C54)C(CC)=C3C. The molecule has 200 valence electrons. The maximum atomic E-state index is 5.32. The first-order valence-electron chi connectivity index (χ1n) is 14.8. The Kier molecular flexibility index (Phi) is 6.40. The van der Waals surface area contributed by atoms with Crippen molar-refractivity contribution in [1.29, 1.82) is 0 Å². The Morgan fingerprint density at radius 3 is 1.79 bits per heavy atom. The number of aliphatic imine (C=N–C) groups is 4. The predicted molar refractivity (Wildman–Crippen MR) is 166 cm³/mol. The summed E-state index contributed by atoms with van der Waals surface area (Å²) in [6, 6.07) is 0. The zero-order valence-corrected chi connectivity index (χ0v) is 24.8. The zero-order valence-electron chi connectivity index (χ0n) is 24.8. The lowest BCUT2D eigenvalue weighted by atomic mass is 9.94. The van der Waals surface area contributed by atoms with Gasteiger partial charge < -0.3 is 0 Å². The molecule has 0 saturated heterocycles. The minimum absolute atomic E-state index is 0.546. The van der Waals surface area contributed by atoms with Crippen molar-refractivity contribution < 1.29 is 0 Å². The van der Waals surface area contributed by atoms with E-state index in [0.29, 0.717) is 5.92 Å². The van der Waals surface area contributed by atoms with E-state index in [1.165, 1.54) is 55.9 Å². The molecule has 0 aromatic rings. The molecule has 6 aliphatic rings. The predicted octanol–water partition coefficient (Wildman–Crippen LogP) is 9.04. The minimum atomic E-state index is 0.546. The van der Waals surface area contributed by atoms with Crippen molar-refractivity contribution in [3.63, 3.8) is 0 Å². The van der Waals surface area contributed by atoms with Gasteiger partial charge in [-0.15, -0.1) is 0 Å². The molecule has 1 fully saturated rings. The zero-order chi connectivity index (χ0) is 27.6. The van der Waals surface area contributed by atoms with Gasteiger partial charge in [-0.05, 0) is 128 Å². The molecule has 1 saturated carbocycles. The van der Waals surface area contributed by atoms with E-state index in [2.05, 4.69) is 73.6 Å². The van der Waals surface area contributed by atoms with E-state index >= 15 is 0 Å². The van der Waals surface area contributed by atoms with Crippen LogP contribution in [-0.4, -0.2) is 22.8 Å². The second-order valence-corrected chi connectivity index (χ2v) is 11.8. The van der Waals surface area contributed by atoms with E-state index in [1.54, 1.807) is 0 Å². The van der Waals surface area contributed by atoms with Crippen LogP contribution < -0.4 is 0 Å². The van der Waals surface area contributed by atoms with Gasteiger partial charge >= 0.3 is 0 Å². The molecule has 0 atom stereocenters. The molecule has 4 nitrogen and oxygen atoms in total. The highest BCUT2D eigenvalue weighted by molar-refractivity contribution is 6.22. The van der Waals surface area contributed by atoms with E-state index in [4.69, 9.17) is 20.0 Å². The maximum absolute atomic E-state index is 5.32. The first-order chi connectivity index (χ1) is 18.7. The Morgan fingerprint density at radius 1 is 0.590 bits per heavy atom. The van der Waals surface area contributed by atoms with Gasteiger partial charge in [-0.2, -0.15) is 0 Å². The van der Waals surface area contributed by atoms with Crippen molar-refractivity contribution in [1.82, 2.24) is 0 Å². The molecule has 39 heavy (non-hydrogen) atoms. The molecule has 5 heterocycles. The molecule has 5 aliphatic heterocycles. The average Bonchev–Trinajstić information content (AvgIpc) is 3.66. The Balaban J connectivity index is 1.65. The van der Waals surface area contributed by atoms with Gasteiger partial charge in [-0.1, -0.05) is 34.6 Å². The van der Waals surface area contributed by atoms with Gasteiger partial charge in [0.25, 0.3) is 0 Å². The van der Waals surface area contributed by atoms with Gasteiger partial charge in [-0.3, -0.25) is 0 Å². The van der Waals surface area contributed by atoms with Crippen LogP contribution in [-0.2, 0) is 0 Å². The Morgan fingerprint density at radius 2 is 1.15 bits per heavy atom. The van der Waals surface area contributed by atoms with Gasteiger partial charge in [0.1, 0.15) is 0 Å². The highest BCUT2D eigenvalue weighted by atomic mass is 14.9. The standard InChI is InChI=1S/C35H40N4/c1-9-22-19(6)28-15-30-20(7)23(10-2)34(38-30)26-13-12-25-24(11-3)32(39-35(25)26)17-33-27(14-18(4)5)21(8)29(37-33)16-31(22)36-28/h15-18H,9-14H2,1-8H3. The largest absolute Gasteiger partial charge is 0.248 e. The third-order valence-corrected chi connectivity index (χ3v) is 9.01. The lowest BCUT2D eigenvalue weighted by Crippen LogP contribution is -2.03. The first-order valence-corrected chi connectivity index (χ1v) is 14.8. The van der Waals surface area contributed by atoms with Crippen LogP contribution in [0.15, 0.2) is 111 Å². The van der Waals surface area contributed by atoms with Crippen LogP contribution in [0.1, 0.15) is 93.9 Å². The molecule has 8 bridgehead atoms. The smallest absolute Gasteiger partial charge is 0.0726 e. The van der Waals surface area contributed by atoms with Crippen LogP contribution in [0.3, 0.4) is 0 Å². The Hall–Kier alpha value is -3.40. The molecule has 0 radical (unpaired) electrons. The summed E-state index contributed by atoms with van der Waals surface area (Å²) in [4.78, 5) is 21.0. The normalized spacial score (nSPS) is 22.3. The number of fused-ring (bicyclic) bond motifs is 4. The van der Waals surface area contributed by atoms with Gasteiger partial charge in [-0.25, -0.2) is 20.0 Å². The number of hydrogen-bond donors (Lipinski definition) is 0. The topological polar surface area (TPSA) is 49.4 Å². The highest BCUT2D eigenvalue weighted by Crippen LogP contribution is 2.45. The van der Waals surface area contributed by atoms with Crippen molar-refractivity contribution >= 4 is 22.8 Å². The van der Waals surface area contributed by atoms with Gasteiger partial charge in [0.05, 0.1) is 45.6 Å². The fourth-order valence-electron chi connectivity index (χ4n) is 6.89. The average molecular weight is 517 g/mol. The number of hydrogen-bond acceptors (Lipinski definition) is 4. The summed E-state index contributed by atoms with van der Waals surface area (Å²) in [5.41, 5.74) is 20.5. The van der Waals surface area contributed by atoms with Crippen LogP contribution in [0.5, 0.6) is 0 Å². The number of allylic oxidation sites excluding steroid dienone is 12. The van der Waals surface area contributed by atoms with E-state index in [1.807, 2.05) is 0 Å². The van der Waals surface area contributed by atoms with E-state index in [-0.39, 0.29) is 0 Å². The summed E-state index contributed by atoms with van der Waals surface area (Å²) in [7, 11) is 0. The van der Waals surface area contributed by atoms with Gasteiger partial charge in [0.15, 0.2) is 0 Å². The molecule has 0 N–H and O–H groups in total. The van der Waals surface area contributed by atoms with Crippen LogP contribution in [0, 0.1) is 5.92 Å². The first kappa shape index (κ1) is 25.9. The van der Waals surface area contributed by atoms with Crippen LogP contribution in [0.2, 0.25) is 0 Å². The Labute approximate surface area is 233 Å². The summed E-state index contributed by atoms with van der Waals surface area (Å²) in [5, 5.41) is 0. The quantitative estimate of drug-likeness (QED) is 0.350. The fraction of sp³-hybridized carbons (Fsp3) is 0.429. The molecule has 0 spiro atoms. The molecule has 0 unspecified atom stereocenters. The van der Waals surface area contributed by atoms with E-state index in [9.17, 15) is 0 Å². The number of rotatable bonds is 5. The minimum Gasteiger partial charge on any atom is -0.248 e. The monoisotopic (exact) mass is 516 g/mol. The van der Waals surface area contributed by atoms with Gasteiger partial charge in [0, 0.05) is 5.57 Å². The lowest BCUT2D eigenvalue weighted by Gasteiger charge is -2.10. The summed E-state index contributed by atoms with van der Waals surface area (Å²) in [6.07, 6.45) is 12.6. The molecular weight excluding hydrogens is 476 g/mol. The van der Waals surface area contributed by atoms with Crippen molar-refractivity contribution in [3.05, 3.63) is 91.2 Å². The second-order valence-electron chi connectivity index (χ2n) is 11.8. The second kappa shape index (κ2) is 9.66. The third kappa shape index (κ3) is 4.02. The lowest BCUT2D eigenvalue weighted by molar-refractivity contribution is 0.653. The van der Waals surface area contributed by atoms with Gasteiger partial charge in [0.2, 0.25) is 0 Å². The van der Waals surface area contributed by atoms with E-state index < -0.39 is 0 Å². The van der Waals surface area contributed by atoms with Crippen molar-refractivity contribution in [2.75, 3.05) is 0 Å². The van der Waals surface area contributed by atoms with Crippen molar-refractivity contribution in [2.45, 2.75) is 93.9 Å². The summed E-state index contributed by atoms with van der Waals surface area (Å²) >= 11 is 0. The summed E-state index contributed by atoms with van der Waals surface area (Å²) < 4.78 is 0. The van der Waals surface area contributed by atoms with Crippen molar-refractivity contribution in [2.24, 2.45) is 25.9 Å². The number of nitrogens with zero attached hydrogens (tertiary/aromatic N) is 4. The fourth-order valence-corrected chi connectivity index (χ4v) is 6.89. The molecule has 0 aromatic heterocycles. The maximum Gasteiger partial charge on any atom is 0.0726 e.